The molecule has 8 nitrogen and oxygen atoms in total. The van der Waals surface area contributed by atoms with Gasteiger partial charge in [0.2, 0.25) is 0 Å². The van der Waals surface area contributed by atoms with E-state index in [4.69, 9.17) is 9.47 Å². The standard InChI is InChI=1S/C24H38FN3O5S/c1-17(2)33-24(29)28-13-12-23(26-34(30,31)27(3)4)20(15-28)16-32-22-10-8-18(9-11-22)19-6-5-7-21(25)14-19/h5-7,14,17-18,20,22-23,26H,8-13,15-16H2,1-4H3/t18?,20-,22?,23?/m0/s1. The Bertz CT molecular complexity index is 919. The molecule has 1 aromatic carbocycles. The molecule has 2 fully saturated rings. The number of likely N-dealkylation sites (tertiary alicyclic amines) is 1. The average molecular weight is 500 g/mol. The zero-order valence-electron chi connectivity index (χ0n) is 20.6. The van der Waals surface area contributed by atoms with Gasteiger partial charge in [-0.05, 0) is 69.6 Å². The first-order valence-electron chi connectivity index (χ1n) is 12.1. The third kappa shape index (κ3) is 7.37. The Morgan fingerprint density at radius 1 is 1.21 bits per heavy atom. The van der Waals surface area contributed by atoms with E-state index in [9.17, 15) is 17.6 Å². The molecule has 10 heteroatoms. The second-order valence-electron chi connectivity index (χ2n) is 9.80. The maximum Gasteiger partial charge on any atom is 0.410 e. The molecule has 3 rings (SSSR count). The van der Waals surface area contributed by atoms with Gasteiger partial charge in [-0.15, -0.1) is 0 Å². The molecule has 1 saturated heterocycles. The Balaban J connectivity index is 1.59. The predicted octanol–water partition coefficient (Wildman–Crippen LogP) is 3.50. The lowest BCUT2D eigenvalue weighted by Crippen LogP contribution is -2.55. The molecule has 192 valence electrons. The third-order valence-corrected chi connectivity index (χ3v) is 8.21. The summed E-state index contributed by atoms with van der Waals surface area (Å²) in [6.07, 6.45) is 3.51. The fraction of sp³-hybridized carbons (Fsp3) is 0.708. The number of nitrogens with one attached hydrogen (secondary N) is 1. The van der Waals surface area contributed by atoms with Crippen LogP contribution in [0.2, 0.25) is 0 Å². The smallest absolute Gasteiger partial charge is 0.410 e. The van der Waals surface area contributed by atoms with Crippen LogP contribution < -0.4 is 4.72 Å². The third-order valence-electron chi connectivity index (χ3n) is 6.65. The Labute approximate surface area is 203 Å². The van der Waals surface area contributed by atoms with E-state index in [1.165, 1.54) is 20.2 Å². The minimum atomic E-state index is -3.61. The highest BCUT2D eigenvalue weighted by molar-refractivity contribution is 7.87. The van der Waals surface area contributed by atoms with Gasteiger partial charge in [0.15, 0.2) is 0 Å². The molecule has 1 heterocycles. The number of nitrogens with zero attached hydrogens (tertiary/aromatic N) is 2. The lowest BCUT2D eigenvalue weighted by Gasteiger charge is -2.39. The van der Waals surface area contributed by atoms with Crippen LogP contribution >= 0.6 is 0 Å². The predicted molar refractivity (Wildman–Crippen MR) is 128 cm³/mol. The van der Waals surface area contributed by atoms with Gasteiger partial charge < -0.3 is 14.4 Å². The summed E-state index contributed by atoms with van der Waals surface area (Å²) in [5.41, 5.74) is 1.03. The zero-order chi connectivity index (χ0) is 24.9. The molecule has 1 amide bonds. The van der Waals surface area contributed by atoms with Crippen molar-refractivity contribution in [3.8, 4) is 0 Å². The molecule has 2 aliphatic rings. The normalized spacial score (nSPS) is 26.1. The van der Waals surface area contributed by atoms with Crippen molar-refractivity contribution in [1.29, 1.82) is 0 Å². The van der Waals surface area contributed by atoms with Gasteiger partial charge in [-0.25, -0.2) is 9.18 Å². The van der Waals surface area contributed by atoms with Crippen LogP contribution in [0.1, 0.15) is 57.4 Å². The number of hydrogen-bond donors (Lipinski definition) is 1. The minimum absolute atomic E-state index is 0.0638. The summed E-state index contributed by atoms with van der Waals surface area (Å²) in [6, 6.07) is 6.47. The van der Waals surface area contributed by atoms with Gasteiger partial charge in [-0.2, -0.15) is 17.4 Å². The zero-order valence-corrected chi connectivity index (χ0v) is 21.4. The number of carbonyl (C=O) groups is 1. The highest BCUT2D eigenvalue weighted by atomic mass is 32.2. The van der Waals surface area contributed by atoms with E-state index in [-0.39, 0.29) is 36.1 Å². The van der Waals surface area contributed by atoms with E-state index in [0.29, 0.717) is 32.0 Å². The molecular formula is C24H38FN3O5S. The summed E-state index contributed by atoms with van der Waals surface area (Å²) in [7, 11) is -0.637. The van der Waals surface area contributed by atoms with Crippen LogP contribution in [-0.2, 0) is 19.7 Å². The van der Waals surface area contributed by atoms with E-state index in [1.807, 2.05) is 6.07 Å². The molecule has 2 atom stereocenters. The number of hydrogen-bond acceptors (Lipinski definition) is 5. The molecule has 1 saturated carbocycles. The van der Waals surface area contributed by atoms with Gasteiger partial charge in [0.25, 0.3) is 10.2 Å². The molecule has 1 aromatic rings. The molecule has 1 N–H and O–H groups in total. The monoisotopic (exact) mass is 499 g/mol. The number of piperidine rings is 1. The first kappa shape index (κ1) is 26.8. The molecule has 1 unspecified atom stereocenters. The van der Waals surface area contributed by atoms with Crippen molar-refractivity contribution >= 4 is 16.3 Å². The summed E-state index contributed by atoms with van der Waals surface area (Å²) >= 11 is 0. The number of halogens is 1. The van der Waals surface area contributed by atoms with Crippen LogP contribution in [0.3, 0.4) is 0 Å². The van der Waals surface area contributed by atoms with Crippen LogP contribution in [0.4, 0.5) is 9.18 Å². The van der Waals surface area contributed by atoms with Crippen molar-refractivity contribution in [3.05, 3.63) is 35.6 Å². The summed E-state index contributed by atoms with van der Waals surface area (Å²) in [5.74, 6) is -0.0738. The summed E-state index contributed by atoms with van der Waals surface area (Å²) in [5, 5.41) is 0. The molecule has 0 aromatic heterocycles. The van der Waals surface area contributed by atoms with Crippen molar-refractivity contribution < 1.29 is 27.1 Å². The molecule has 34 heavy (non-hydrogen) atoms. The van der Waals surface area contributed by atoms with Gasteiger partial charge in [0.1, 0.15) is 5.82 Å². The maximum absolute atomic E-state index is 13.6. The van der Waals surface area contributed by atoms with Crippen LogP contribution in [0.5, 0.6) is 0 Å². The first-order valence-corrected chi connectivity index (χ1v) is 13.5. The maximum atomic E-state index is 13.6. The highest BCUT2D eigenvalue weighted by Crippen LogP contribution is 2.34. The molecule has 1 aliphatic carbocycles. The Morgan fingerprint density at radius 2 is 1.91 bits per heavy atom. The topological polar surface area (TPSA) is 88.2 Å². The highest BCUT2D eigenvalue weighted by Gasteiger charge is 2.36. The van der Waals surface area contributed by atoms with Gasteiger partial charge in [0, 0.05) is 39.1 Å². The summed E-state index contributed by atoms with van der Waals surface area (Å²) < 4.78 is 54.0. The Morgan fingerprint density at radius 3 is 2.53 bits per heavy atom. The second kappa shape index (κ2) is 11.8. The van der Waals surface area contributed by atoms with Crippen molar-refractivity contribution in [2.45, 2.75) is 70.1 Å². The van der Waals surface area contributed by atoms with E-state index >= 15 is 0 Å². The van der Waals surface area contributed by atoms with E-state index in [0.717, 1.165) is 35.6 Å². The van der Waals surface area contributed by atoms with Gasteiger partial charge in [-0.3, -0.25) is 0 Å². The Kier molecular flexibility index (Phi) is 9.31. The minimum Gasteiger partial charge on any atom is -0.447 e. The van der Waals surface area contributed by atoms with Crippen LogP contribution in [0.15, 0.2) is 24.3 Å². The van der Waals surface area contributed by atoms with Crippen molar-refractivity contribution in [2.75, 3.05) is 33.8 Å². The molecule has 0 spiro atoms. The number of benzene rings is 1. The lowest BCUT2D eigenvalue weighted by molar-refractivity contribution is -0.0184. The fourth-order valence-corrected chi connectivity index (χ4v) is 5.58. The average Bonchev–Trinajstić information content (AvgIpc) is 2.78. The Hall–Kier alpha value is -1.75. The number of carbonyl (C=O) groups excluding carboxylic acids is 1. The fourth-order valence-electron chi connectivity index (χ4n) is 4.68. The summed E-state index contributed by atoms with van der Waals surface area (Å²) in [4.78, 5) is 14.1. The first-order chi connectivity index (χ1) is 16.0. The number of ether oxygens (including phenoxy) is 2. The van der Waals surface area contributed by atoms with Crippen LogP contribution in [-0.4, -0.2) is 75.8 Å². The SMILES string of the molecule is CC(C)OC(=O)N1CCC(NS(=O)(=O)N(C)C)[C@H](COC2CCC(c3cccc(F)c3)CC2)C1. The largest absolute Gasteiger partial charge is 0.447 e. The van der Waals surface area contributed by atoms with Gasteiger partial charge >= 0.3 is 6.09 Å². The quantitative estimate of drug-likeness (QED) is 0.592. The molecule has 0 bridgehead atoms. The lowest BCUT2D eigenvalue weighted by atomic mass is 9.82. The van der Waals surface area contributed by atoms with Crippen LogP contribution in [0.25, 0.3) is 0 Å². The van der Waals surface area contributed by atoms with E-state index in [2.05, 4.69) is 4.72 Å². The number of amides is 1. The van der Waals surface area contributed by atoms with E-state index in [1.54, 1.807) is 30.9 Å². The van der Waals surface area contributed by atoms with Crippen LogP contribution in [0, 0.1) is 11.7 Å². The molecular weight excluding hydrogens is 461 g/mol. The second-order valence-corrected chi connectivity index (χ2v) is 11.7. The van der Waals surface area contributed by atoms with Crippen molar-refractivity contribution in [2.24, 2.45) is 5.92 Å². The molecule has 1 aliphatic heterocycles. The molecule has 0 radical (unpaired) electrons. The van der Waals surface area contributed by atoms with Gasteiger partial charge in [-0.1, -0.05) is 12.1 Å². The van der Waals surface area contributed by atoms with Crippen molar-refractivity contribution in [1.82, 2.24) is 13.9 Å². The van der Waals surface area contributed by atoms with Crippen molar-refractivity contribution in [3.63, 3.8) is 0 Å². The van der Waals surface area contributed by atoms with Gasteiger partial charge in [0.05, 0.1) is 18.8 Å². The number of rotatable bonds is 8. The summed E-state index contributed by atoms with van der Waals surface area (Å²) in [6.45, 7) is 4.74. The van der Waals surface area contributed by atoms with E-state index < -0.39 is 10.2 Å².